The Morgan fingerprint density at radius 3 is 2.73 bits per heavy atom. The highest BCUT2D eigenvalue weighted by Gasteiger charge is 2.27. The molecule has 0 N–H and O–H groups in total. The van der Waals surface area contributed by atoms with Crippen LogP contribution in [-0.4, -0.2) is 38.9 Å². The van der Waals surface area contributed by atoms with Crippen molar-refractivity contribution in [3.63, 3.8) is 0 Å². The summed E-state index contributed by atoms with van der Waals surface area (Å²) in [5.41, 5.74) is 1.50. The Labute approximate surface area is 151 Å². The van der Waals surface area contributed by atoms with Crippen LogP contribution in [0, 0.1) is 0 Å². The van der Waals surface area contributed by atoms with E-state index < -0.39 is 0 Å². The van der Waals surface area contributed by atoms with Crippen molar-refractivity contribution in [2.24, 2.45) is 0 Å². The predicted octanol–water partition coefficient (Wildman–Crippen LogP) is 3.10. The Bertz CT molecular complexity index is 946. The first-order valence-electron chi connectivity index (χ1n) is 8.84. The second-order valence-corrected chi connectivity index (χ2v) is 6.54. The lowest BCUT2D eigenvalue weighted by Gasteiger charge is -2.26. The van der Waals surface area contributed by atoms with Crippen molar-refractivity contribution in [1.82, 2.24) is 19.8 Å². The van der Waals surface area contributed by atoms with Crippen molar-refractivity contribution < 1.29 is 9.53 Å². The van der Waals surface area contributed by atoms with Crippen LogP contribution in [0.25, 0.3) is 17.0 Å². The van der Waals surface area contributed by atoms with Gasteiger partial charge in [0, 0.05) is 18.5 Å². The van der Waals surface area contributed by atoms with Crippen molar-refractivity contribution in [3.8, 4) is 17.1 Å². The number of aromatic nitrogens is 4. The number of hydrogen-bond donors (Lipinski definition) is 0. The van der Waals surface area contributed by atoms with Crippen LogP contribution in [-0.2, 0) is 4.79 Å². The van der Waals surface area contributed by atoms with Crippen LogP contribution >= 0.6 is 0 Å². The first-order chi connectivity index (χ1) is 12.7. The van der Waals surface area contributed by atoms with E-state index in [0.717, 1.165) is 37.0 Å². The molecule has 3 aromatic rings. The van der Waals surface area contributed by atoms with Gasteiger partial charge in [-0.25, -0.2) is 0 Å². The molecule has 134 valence electrons. The summed E-state index contributed by atoms with van der Waals surface area (Å²) >= 11 is 0. The molecular formula is C19H21N5O2. The van der Waals surface area contributed by atoms with Gasteiger partial charge in [0.25, 0.3) is 0 Å². The van der Waals surface area contributed by atoms with E-state index in [9.17, 15) is 4.79 Å². The first-order valence-corrected chi connectivity index (χ1v) is 8.84. The van der Waals surface area contributed by atoms with Crippen molar-refractivity contribution in [3.05, 3.63) is 36.4 Å². The van der Waals surface area contributed by atoms with E-state index in [-0.39, 0.29) is 11.9 Å². The minimum absolute atomic E-state index is 0.0137. The van der Waals surface area contributed by atoms with E-state index in [0.29, 0.717) is 17.3 Å². The summed E-state index contributed by atoms with van der Waals surface area (Å²) < 4.78 is 6.98. The zero-order valence-electron chi connectivity index (χ0n) is 14.9. The average molecular weight is 351 g/mol. The number of carbonyl (C=O) groups is 1. The predicted molar refractivity (Wildman–Crippen MR) is 98.2 cm³/mol. The summed E-state index contributed by atoms with van der Waals surface area (Å²) in [4.78, 5) is 14.1. The van der Waals surface area contributed by atoms with Gasteiger partial charge < -0.3 is 4.74 Å². The molecule has 0 atom stereocenters. The fourth-order valence-corrected chi connectivity index (χ4v) is 3.62. The lowest BCUT2D eigenvalue weighted by Crippen LogP contribution is -2.38. The second-order valence-electron chi connectivity index (χ2n) is 6.54. The van der Waals surface area contributed by atoms with Crippen LogP contribution in [0.5, 0.6) is 5.75 Å². The molecule has 1 aliphatic carbocycles. The minimum atomic E-state index is 0.0137. The molecule has 2 aromatic heterocycles. The maximum Gasteiger partial charge on any atom is 0.225 e. The summed E-state index contributed by atoms with van der Waals surface area (Å²) in [6, 6.07) is 11.5. The summed E-state index contributed by atoms with van der Waals surface area (Å²) in [5.74, 6) is 2.02. The molecule has 0 radical (unpaired) electrons. The van der Waals surface area contributed by atoms with Gasteiger partial charge in [0.15, 0.2) is 17.3 Å². The number of ether oxygens (including phenoxy) is 1. The van der Waals surface area contributed by atoms with Crippen LogP contribution in [0.1, 0.15) is 32.6 Å². The number of rotatable bonds is 4. The van der Waals surface area contributed by atoms with E-state index in [4.69, 9.17) is 4.74 Å². The zero-order chi connectivity index (χ0) is 18.1. The number of carbonyl (C=O) groups excluding carboxylic acids is 1. The molecule has 1 saturated carbocycles. The Morgan fingerprint density at radius 1 is 1.19 bits per heavy atom. The smallest absolute Gasteiger partial charge is 0.225 e. The monoisotopic (exact) mass is 351 g/mol. The first kappa shape index (κ1) is 16.5. The molecule has 1 fully saturated rings. The van der Waals surface area contributed by atoms with Crippen LogP contribution in [0.2, 0.25) is 0 Å². The Morgan fingerprint density at radius 2 is 2.00 bits per heavy atom. The molecule has 0 saturated heterocycles. The normalized spacial score (nSPS) is 14.7. The van der Waals surface area contributed by atoms with Gasteiger partial charge >= 0.3 is 0 Å². The lowest BCUT2D eigenvalue weighted by atomic mass is 10.2. The summed E-state index contributed by atoms with van der Waals surface area (Å²) in [6.45, 7) is 1.60. The van der Waals surface area contributed by atoms with E-state index in [1.165, 1.54) is 0 Å². The van der Waals surface area contributed by atoms with Crippen molar-refractivity contribution in [2.75, 3.05) is 12.0 Å². The van der Waals surface area contributed by atoms with Gasteiger partial charge in [-0.2, -0.15) is 4.52 Å². The largest absolute Gasteiger partial charge is 0.497 e. The lowest BCUT2D eigenvalue weighted by molar-refractivity contribution is -0.117. The maximum atomic E-state index is 12.3. The second kappa shape index (κ2) is 6.74. The van der Waals surface area contributed by atoms with Gasteiger partial charge in [0.1, 0.15) is 5.75 Å². The molecule has 7 heteroatoms. The zero-order valence-corrected chi connectivity index (χ0v) is 14.9. The highest BCUT2D eigenvalue weighted by atomic mass is 16.5. The topological polar surface area (TPSA) is 72.6 Å². The fourth-order valence-electron chi connectivity index (χ4n) is 3.62. The Hall–Kier alpha value is -2.96. The van der Waals surface area contributed by atoms with Crippen molar-refractivity contribution in [2.45, 2.75) is 38.6 Å². The maximum absolute atomic E-state index is 12.3. The number of fused-ring (bicyclic) bond motifs is 1. The van der Waals surface area contributed by atoms with Gasteiger partial charge in [0.05, 0.1) is 7.11 Å². The number of anilines is 1. The highest BCUT2D eigenvalue weighted by Crippen LogP contribution is 2.28. The molecular weight excluding hydrogens is 330 g/mol. The molecule has 0 bridgehead atoms. The summed E-state index contributed by atoms with van der Waals surface area (Å²) in [6.07, 6.45) is 4.34. The quantitative estimate of drug-likeness (QED) is 0.722. The number of benzene rings is 1. The van der Waals surface area contributed by atoms with E-state index >= 15 is 0 Å². The third-order valence-corrected chi connectivity index (χ3v) is 4.85. The molecule has 1 aliphatic rings. The van der Waals surface area contributed by atoms with Gasteiger partial charge in [-0.15, -0.1) is 15.3 Å². The van der Waals surface area contributed by atoms with Crippen LogP contribution in [0.15, 0.2) is 36.4 Å². The molecule has 1 aromatic carbocycles. The van der Waals surface area contributed by atoms with Crippen LogP contribution in [0.4, 0.5) is 5.82 Å². The number of methoxy groups -OCH3 is 1. The minimum Gasteiger partial charge on any atom is -0.497 e. The molecule has 1 amide bonds. The van der Waals surface area contributed by atoms with Crippen molar-refractivity contribution >= 4 is 17.4 Å². The molecule has 2 heterocycles. The average Bonchev–Trinajstić information content (AvgIpc) is 3.31. The molecule has 0 unspecified atom stereocenters. The van der Waals surface area contributed by atoms with E-state index in [1.807, 2.05) is 41.3 Å². The fraction of sp³-hybridized carbons (Fsp3) is 0.368. The third kappa shape index (κ3) is 2.89. The Balaban J connectivity index is 1.79. The number of nitrogens with zero attached hydrogens (tertiary/aromatic N) is 5. The van der Waals surface area contributed by atoms with Gasteiger partial charge in [-0.1, -0.05) is 25.0 Å². The molecule has 0 spiro atoms. The van der Waals surface area contributed by atoms with Gasteiger partial charge in [-0.3, -0.25) is 9.69 Å². The van der Waals surface area contributed by atoms with E-state index in [1.54, 1.807) is 18.5 Å². The van der Waals surface area contributed by atoms with Gasteiger partial charge in [0.2, 0.25) is 5.91 Å². The van der Waals surface area contributed by atoms with E-state index in [2.05, 4.69) is 15.3 Å². The molecule has 4 rings (SSSR count). The number of amides is 1. The Kier molecular flexibility index (Phi) is 4.28. The SMILES string of the molecule is COc1cccc(-c2nnc3ccc(N(C(C)=O)C4CCCC4)nn23)c1. The van der Waals surface area contributed by atoms with Crippen LogP contribution in [0.3, 0.4) is 0 Å². The standard InChI is InChI=1S/C19H21N5O2/c1-13(25)23(15-7-3-4-8-15)18-11-10-17-20-21-19(24(17)22-18)14-6-5-9-16(12-14)26-2/h5-6,9-12,15H,3-4,7-8H2,1-2H3. The summed E-state index contributed by atoms with van der Waals surface area (Å²) in [7, 11) is 1.63. The van der Waals surface area contributed by atoms with Crippen molar-refractivity contribution in [1.29, 1.82) is 0 Å². The highest BCUT2D eigenvalue weighted by molar-refractivity contribution is 5.91. The summed E-state index contributed by atoms with van der Waals surface area (Å²) in [5, 5.41) is 13.2. The van der Waals surface area contributed by atoms with Gasteiger partial charge in [-0.05, 0) is 37.1 Å². The third-order valence-electron chi connectivity index (χ3n) is 4.85. The van der Waals surface area contributed by atoms with Crippen LogP contribution < -0.4 is 9.64 Å². The molecule has 0 aliphatic heterocycles. The number of hydrogen-bond acceptors (Lipinski definition) is 5. The molecule has 26 heavy (non-hydrogen) atoms. The molecule has 7 nitrogen and oxygen atoms in total.